The molecule has 6 nitrogen and oxygen atoms in total. The minimum absolute atomic E-state index is 0.0738. The van der Waals surface area contributed by atoms with Crippen molar-refractivity contribution >= 4 is 17.5 Å². The van der Waals surface area contributed by atoms with Crippen LogP contribution in [0.2, 0.25) is 0 Å². The van der Waals surface area contributed by atoms with E-state index >= 15 is 0 Å². The largest absolute Gasteiger partial charge is 0.497 e. The molecule has 0 spiro atoms. The van der Waals surface area contributed by atoms with Crippen LogP contribution >= 0.6 is 0 Å². The molecule has 0 aliphatic heterocycles. The van der Waals surface area contributed by atoms with E-state index in [-0.39, 0.29) is 24.1 Å². The molecule has 0 radical (unpaired) electrons. The monoisotopic (exact) mass is 420 g/mol. The van der Waals surface area contributed by atoms with Gasteiger partial charge >= 0.3 is 0 Å². The Morgan fingerprint density at radius 3 is 2.23 bits per heavy atom. The number of methoxy groups -OCH3 is 1. The first-order chi connectivity index (χ1) is 14.9. The number of likely N-dealkylation sites (N-methyl/N-ethyl adjacent to an activating group) is 1. The van der Waals surface area contributed by atoms with Gasteiger partial charge in [-0.05, 0) is 53.4 Å². The van der Waals surface area contributed by atoms with Crippen molar-refractivity contribution in [2.75, 3.05) is 25.6 Å². The fourth-order valence-electron chi connectivity index (χ4n) is 3.22. The molecule has 1 aromatic heterocycles. The summed E-state index contributed by atoms with van der Waals surface area (Å²) in [6.07, 6.45) is 1.44. The maximum Gasteiger partial charge on any atom is 0.289 e. The maximum atomic E-state index is 13.2. The smallest absolute Gasteiger partial charge is 0.289 e. The number of nitrogens with zero attached hydrogens (tertiary/aromatic N) is 2. The Kier molecular flexibility index (Phi) is 7.13. The van der Waals surface area contributed by atoms with Crippen LogP contribution in [0.3, 0.4) is 0 Å². The molecule has 3 rings (SSSR count). The standard InChI is InChI=1S/C25H28N2O4/c1-18(2)20-9-7-19(8-10-20)16-27(21-11-13-22(30-4)14-12-21)24(28)17-26(3)25(29)23-6-5-15-31-23/h5-15,18H,16-17H2,1-4H3. The molecule has 6 heteroatoms. The summed E-state index contributed by atoms with van der Waals surface area (Å²) >= 11 is 0. The van der Waals surface area contributed by atoms with Crippen LogP contribution < -0.4 is 9.64 Å². The lowest BCUT2D eigenvalue weighted by Gasteiger charge is -2.26. The van der Waals surface area contributed by atoms with Gasteiger partial charge in [-0.1, -0.05) is 38.1 Å². The summed E-state index contributed by atoms with van der Waals surface area (Å²) in [7, 11) is 3.19. The van der Waals surface area contributed by atoms with Crippen molar-refractivity contribution in [3.05, 3.63) is 83.8 Å². The van der Waals surface area contributed by atoms with Crippen molar-refractivity contribution in [2.45, 2.75) is 26.3 Å². The molecule has 0 atom stereocenters. The van der Waals surface area contributed by atoms with E-state index in [9.17, 15) is 9.59 Å². The van der Waals surface area contributed by atoms with Gasteiger partial charge in [0.05, 0.1) is 19.9 Å². The second kappa shape index (κ2) is 9.98. The Bertz CT molecular complexity index is 993. The van der Waals surface area contributed by atoms with Gasteiger partial charge in [-0.2, -0.15) is 0 Å². The van der Waals surface area contributed by atoms with Gasteiger partial charge in [0.25, 0.3) is 5.91 Å². The third-order valence-corrected chi connectivity index (χ3v) is 5.12. The Morgan fingerprint density at radius 2 is 1.68 bits per heavy atom. The second-order valence-electron chi connectivity index (χ2n) is 7.71. The van der Waals surface area contributed by atoms with Crippen LogP contribution in [0.1, 0.15) is 41.4 Å². The highest BCUT2D eigenvalue weighted by molar-refractivity contribution is 5.99. The normalized spacial score (nSPS) is 10.7. The number of benzene rings is 2. The number of anilines is 1. The van der Waals surface area contributed by atoms with Gasteiger partial charge in [0.15, 0.2) is 5.76 Å². The first-order valence-corrected chi connectivity index (χ1v) is 10.2. The van der Waals surface area contributed by atoms with Gasteiger partial charge in [0.2, 0.25) is 5.91 Å². The summed E-state index contributed by atoms with van der Waals surface area (Å²) in [5.41, 5.74) is 2.99. The lowest BCUT2D eigenvalue weighted by Crippen LogP contribution is -2.41. The van der Waals surface area contributed by atoms with E-state index in [1.807, 2.05) is 36.4 Å². The molecule has 2 aromatic carbocycles. The van der Waals surface area contributed by atoms with E-state index < -0.39 is 0 Å². The zero-order valence-electron chi connectivity index (χ0n) is 18.4. The molecule has 162 valence electrons. The first-order valence-electron chi connectivity index (χ1n) is 10.2. The molecule has 0 N–H and O–H groups in total. The molecule has 0 unspecified atom stereocenters. The van der Waals surface area contributed by atoms with E-state index in [4.69, 9.17) is 9.15 Å². The molecule has 0 saturated carbocycles. The Hall–Kier alpha value is -3.54. The minimum atomic E-state index is -0.339. The number of hydrogen-bond donors (Lipinski definition) is 0. The predicted octanol–water partition coefficient (Wildman–Crippen LogP) is 4.72. The van der Waals surface area contributed by atoms with Crippen LogP contribution in [0.15, 0.2) is 71.3 Å². The van der Waals surface area contributed by atoms with Crippen LogP contribution in [-0.4, -0.2) is 37.4 Å². The number of hydrogen-bond acceptors (Lipinski definition) is 4. The average molecular weight is 421 g/mol. The molecular weight excluding hydrogens is 392 g/mol. The second-order valence-corrected chi connectivity index (χ2v) is 7.71. The van der Waals surface area contributed by atoms with Crippen LogP contribution in [0.5, 0.6) is 5.75 Å². The summed E-state index contributed by atoms with van der Waals surface area (Å²) < 4.78 is 10.4. The van der Waals surface area contributed by atoms with Gasteiger partial charge in [-0.25, -0.2) is 0 Å². The van der Waals surface area contributed by atoms with E-state index in [1.54, 1.807) is 31.2 Å². The quantitative estimate of drug-likeness (QED) is 0.529. The van der Waals surface area contributed by atoms with Crippen molar-refractivity contribution in [3.8, 4) is 5.75 Å². The third-order valence-electron chi connectivity index (χ3n) is 5.12. The van der Waals surface area contributed by atoms with Crippen molar-refractivity contribution in [1.29, 1.82) is 0 Å². The number of carbonyl (C=O) groups excluding carboxylic acids is 2. The molecular formula is C25H28N2O4. The molecule has 1 heterocycles. The highest BCUT2D eigenvalue weighted by Crippen LogP contribution is 2.23. The van der Waals surface area contributed by atoms with Gasteiger partial charge in [0, 0.05) is 12.7 Å². The summed E-state index contributed by atoms with van der Waals surface area (Å²) in [5, 5.41) is 0. The third kappa shape index (κ3) is 5.54. The van der Waals surface area contributed by atoms with Crippen molar-refractivity contribution < 1.29 is 18.7 Å². The number of ether oxygens (including phenoxy) is 1. The SMILES string of the molecule is COc1ccc(N(Cc2ccc(C(C)C)cc2)C(=O)CN(C)C(=O)c2ccco2)cc1. The zero-order chi connectivity index (χ0) is 22.4. The molecule has 31 heavy (non-hydrogen) atoms. The molecule has 0 bridgehead atoms. The van der Waals surface area contributed by atoms with Crippen molar-refractivity contribution in [2.24, 2.45) is 0 Å². The van der Waals surface area contributed by atoms with Crippen molar-refractivity contribution in [3.63, 3.8) is 0 Å². The van der Waals surface area contributed by atoms with E-state index in [0.717, 1.165) is 11.3 Å². The van der Waals surface area contributed by atoms with E-state index in [0.29, 0.717) is 18.2 Å². The highest BCUT2D eigenvalue weighted by Gasteiger charge is 2.22. The number of furan rings is 1. The Balaban J connectivity index is 1.81. The predicted molar refractivity (Wildman–Crippen MR) is 120 cm³/mol. The fourth-order valence-corrected chi connectivity index (χ4v) is 3.22. The number of rotatable bonds is 8. The van der Waals surface area contributed by atoms with Gasteiger partial charge < -0.3 is 19.0 Å². The molecule has 0 fully saturated rings. The summed E-state index contributed by atoms with van der Waals surface area (Å²) in [4.78, 5) is 28.8. The summed E-state index contributed by atoms with van der Waals surface area (Å²) in [5.74, 6) is 0.822. The average Bonchev–Trinajstić information content (AvgIpc) is 3.32. The highest BCUT2D eigenvalue weighted by atomic mass is 16.5. The van der Waals surface area contributed by atoms with E-state index in [2.05, 4.69) is 26.0 Å². The summed E-state index contributed by atoms with van der Waals surface area (Å²) in [6, 6.07) is 18.8. The lowest BCUT2D eigenvalue weighted by molar-refractivity contribution is -0.119. The van der Waals surface area contributed by atoms with Crippen LogP contribution in [0.4, 0.5) is 5.69 Å². The lowest BCUT2D eigenvalue weighted by atomic mass is 10.0. The number of amides is 2. The van der Waals surface area contributed by atoms with Crippen LogP contribution in [0, 0.1) is 0 Å². The molecule has 0 aliphatic carbocycles. The molecule has 3 aromatic rings. The first kappa shape index (κ1) is 22.2. The Labute approximate surface area is 183 Å². The van der Waals surface area contributed by atoms with Crippen molar-refractivity contribution in [1.82, 2.24) is 4.90 Å². The summed E-state index contributed by atoms with van der Waals surface area (Å²) in [6.45, 7) is 4.62. The molecule has 2 amide bonds. The molecule has 0 saturated heterocycles. The fraction of sp³-hybridized carbons (Fsp3) is 0.280. The van der Waals surface area contributed by atoms with Crippen LogP contribution in [0.25, 0.3) is 0 Å². The zero-order valence-corrected chi connectivity index (χ0v) is 18.4. The maximum absolute atomic E-state index is 13.2. The van der Waals surface area contributed by atoms with Gasteiger partial charge in [0.1, 0.15) is 12.3 Å². The topological polar surface area (TPSA) is 63.0 Å². The van der Waals surface area contributed by atoms with Crippen LogP contribution in [-0.2, 0) is 11.3 Å². The minimum Gasteiger partial charge on any atom is -0.497 e. The van der Waals surface area contributed by atoms with Gasteiger partial charge in [-0.3, -0.25) is 9.59 Å². The number of carbonyl (C=O) groups is 2. The van der Waals surface area contributed by atoms with Gasteiger partial charge in [-0.15, -0.1) is 0 Å². The molecule has 0 aliphatic rings. The Morgan fingerprint density at radius 1 is 1.00 bits per heavy atom. The van der Waals surface area contributed by atoms with E-state index in [1.165, 1.54) is 16.7 Å².